The lowest BCUT2D eigenvalue weighted by atomic mass is 10.2. The highest BCUT2D eigenvalue weighted by molar-refractivity contribution is 5.90. The molecular formula is C21H22N6O4. The van der Waals surface area contributed by atoms with Crippen molar-refractivity contribution in [3.8, 4) is 0 Å². The van der Waals surface area contributed by atoms with Crippen molar-refractivity contribution >= 4 is 34.8 Å². The molecule has 0 saturated carbocycles. The number of esters is 1. The minimum atomic E-state index is -0.569. The van der Waals surface area contributed by atoms with Gasteiger partial charge in [0.05, 0.1) is 17.1 Å². The lowest BCUT2D eigenvalue weighted by Gasteiger charge is -2.11. The number of nitrogens with one attached hydrogen (secondary N) is 2. The van der Waals surface area contributed by atoms with Crippen LogP contribution in [0.1, 0.15) is 29.8 Å². The zero-order chi connectivity index (χ0) is 22.4. The number of carbonyl (C=O) groups excluding carboxylic acids is 1. The van der Waals surface area contributed by atoms with Gasteiger partial charge in [0.1, 0.15) is 12.1 Å². The normalized spacial score (nSPS) is 10.6. The highest BCUT2D eigenvalue weighted by Gasteiger charge is 2.24. The number of pyridine rings is 1. The van der Waals surface area contributed by atoms with Gasteiger partial charge >= 0.3 is 11.7 Å². The van der Waals surface area contributed by atoms with E-state index in [0.29, 0.717) is 23.7 Å². The quantitative estimate of drug-likeness (QED) is 0.308. The number of hydrogen-bond acceptors (Lipinski definition) is 9. The van der Waals surface area contributed by atoms with Crippen molar-refractivity contribution in [2.24, 2.45) is 5.92 Å². The second kappa shape index (κ2) is 9.61. The molecule has 31 heavy (non-hydrogen) atoms. The van der Waals surface area contributed by atoms with Gasteiger partial charge in [-0.15, -0.1) is 0 Å². The Morgan fingerprint density at radius 1 is 1.06 bits per heavy atom. The fourth-order valence-electron chi connectivity index (χ4n) is 2.62. The Kier molecular flexibility index (Phi) is 6.71. The van der Waals surface area contributed by atoms with E-state index in [9.17, 15) is 14.9 Å². The molecule has 0 unspecified atom stereocenters. The van der Waals surface area contributed by atoms with Gasteiger partial charge in [-0.05, 0) is 48.7 Å². The average Bonchev–Trinajstić information content (AvgIpc) is 2.74. The van der Waals surface area contributed by atoms with Crippen LogP contribution in [0.3, 0.4) is 0 Å². The van der Waals surface area contributed by atoms with Crippen LogP contribution in [0.25, 0.3) is 0 Å². The molecule has 3 rings (SSSR count). The van der Waals surface area contributed by atoms with E-state index in [0.717, 1.165) is 5.56 Å². The number of ether oxygens (including phenoxy) is 1. The van der Waals surface area contributed by atoms with Crippen LogP contribution in [0.4, 0.5) is 28.8 Å². The van der Waals surface area contributed by atoms with Gasteiger partial charge in [-0.2, -0.15) is 0 Å². The molecule has 3 aromatic rings. The van der Waals surface area contributed by atoms with Crippen molar-refractivity contribution in [2.45, 2.75) is 20.8 Å². The molecule has 2 N–H and O–H groups in total. The zero-order valence-electron chi connectivity index (χ0n) is 17.3. The lowest BCUT2D eigenvalue weighted by Crippen LogP contribution is -2.10. The number of benzene rings is 1. The van der Waals surface area contributed by atoms with Crippen LogP contribution in [0.2, 0.25) is 0 Å². The van der Waals surface area contributed by atoms with E-state index in [2.05, 4.69) is 25.6 Å². The van der Waals surface area contributed by atoms with Crippen LogP contribution in [0, 0.1) is 23.0 Å². The fourth-order valence-corrected chi connectivity index (χ4v) is 2.62. The number of hydrogen-bond donors (Lipinski definition) is 2. The molecule has 10 heteroatoms. The second-order valence-electron chi connectivity index (χ2n) is 7.17. The maximum Gasteiger partial charge on any atom is 0.353 e. The van der Waals surface area contributed by atoms with Crippen molar-refractivity contribution in [1.82, 2.24) is 15.0 Å². The van der Waals surface area contributed by atoms with Gasteiger partial charge in [0.2, 0.25) is 11.6 Å². The van der Waals surface area contributed by atoms with Gasteiger partial charge < -0.3 is 15.4 Å². The Hall–Kier alpha value is -4.08. The first-order valence-corrected chi connectivity index (χ1v) is 9.57. The van der Waals surface area contributed by atoms with Crippen LogP contribution in [-0.2, 0) is 4.74 Å². The molecular weight excluding hydrogens is 400 g/mol. The Morgan fingerprint density at radius 3 is 2.35 bits per heavy atom. The van der Waals surface area contributed by atoms with Crippen LogP contribution < -0.4 is 10.6 Å². The van der Waals surface area contributed by atoms with Crippen LogP contribution in [0.5, 0.6) is 0 Å². The van der Waals surface area contributed by atoms with Crippen molar-refractivity contribution in [3.63, 3.8) is 0 Å². The number of nitro groups is 1. The minimum absolute atomic E-state index is 0.00576. The number of aromatic nitrogens is 3. The van der Waals surface area contributed by atoms with Gasteiger partial charge in [-0.3, -0.25) is 10.1 Å². The predicted octanol–water partition coefficient (Wildman–Crippen LogP) is 4.39. The lowest BCUT2D eigenvalue weighted by molar-refractivity contribution is -0.383. The summed E-state index contributed by atoms with van der Waals surface area (Å²) in [6, 6.07) is 9.99. The summed E-state index contributed by atoms with van der Waals surface area (Å²) >= 11 is 0. The molecule has 0 saturated heterocycles. The second-order valence-corrected chi connectivity index (χ2v) is 7.17. The highest BCUT2D eigenvalue weighted by Crippen LogP contribution is 2.33. The molecule has 0 aliphatic rings. The van der Waals surface area contributed by atoms with Crippen molar-refractivity contribution in [3.05, 3.63) is 70.2 Å². The molecule has 0 aliphatic heterocycles. The number of rotatable bonds is 8. The van der Waals surface area contributed by atoms with Crippen molar-refractivity contribution in [1.29, 1.82) is 0 Å². The summed E-state index contributed by atoms with van der Waals surface area (Å²) in [6.45, 7) is 6.06. The topological polar surface area (TPSA) is 132 Å². The summed E-state index contributed by atoms with van der Waals surface area (Å²) in [5.41, 5.74) is 1.39. The third kappa shape index (κ3) is 5.50. The molecule has 0 aliphatic carbocycles. The van der Waals surface area contributed by atoms with Crippen LogP contribution >= 0.6 is 0 Å². The molecule has 0 atom stereocenters. The van der Waals surface area contributed by atoms with E-state index >= 15 is 0 Å². The maximum atomic E-state index is 12.0. The SMILES string of the molecule is Cc1cccnc1Nc1ncnc(Nc2ccc(C(=O)OCC(C)C)cc2)c1[N+](=O)[O-]. The molecule has 0 fully saturated rings. The average molecular weight is 422 g/mol. The summed E-state index contributed by atoms with van der Waals surface area (Å²) in [5, 5.41) is 17.5. The van der Waals surface area contributed by atoms with Gasteiger partial charge in [-0.1, -0.05) is 19.9 Å². The monoisotopic (exact) mass is 422 g/mol. The summed E-state index contributed by atoms with van der Waals surface area (Å²) in [7, 11) is 0. The molecule has 1 aromatic carbocycles. The van der Waals surface area contributed by atoms with E-state index in [1.165, 1.54) is 6.33 Å². The summed E-state index contributed by atoms with van der Waals surface area (Å²) in [4.78, 5) is 35.4. The number of nitrogens with zero attached hydrogens (tertiary/aromatic N) is 4. The molecule has 2 aromatic heterocycles. The zero-order valence-corrected chi connectivity index (χ0v) is 17.3. The summed E-state index contributed by atoms with van der Waals surface area (Å²) in [6.07, 6.45) is 2.79. The smallest absolute Gasteiger partial charge is 0.353 e. The Labute approximate surface area is 178 Å². The Morgan fingerprint density at radius 2 is 1.74 bits per heavy atom. The van der Waals surface area contributed by atoms with Crippen LogP contribution in [0.15, 0.2) is 48.9 Å². The number of anilines is 4. The standard InChI is InChI=1S/C21H22N6O4/c1-13(2)11-31-21(28)15-6-8-16(9-7-15)25-19-17(27(29)30)20(24-12-23-19)26-18-14(3)5-4-10-22-18/h4-10,12-13H,11H2,1-3H3,(H2,22,23,24,25,26). The molecule has 0 radical (unpaired) electrons. The third-order valence-corrected chi connectivity index (χ3v) is 4.18. The maximum absolute atomic E-state index is 12.0. The van der Waals surface area contributed by atoms with E-state index in [-0.39, 0.29) is 23.2 Å². The predicted molar refractivity (Wildman–Crippen MR) is 116 cm³/mol. The first kappa shape index (κ1) is 21.6. The van der Waals surface area contributed by atoms with Crippen molar-refractivity contribution in [2.75, 3.05) is 17.2 Å². The Bertz CT molecular complexity index is 1090. The molecule has 2 heterocycles. The van der Waals surface area contributed by atoms with Gasteiger partial charge in [0.25, 0.3) is 0 Å². The van der Waals surface area contributed by atoms with E-state index < -0.39 is 10.9 Å². The van der Waals surface area contributed by atoms with Crippen molar-refractivity contribution < 1.29 is 14.5 Å². The van der Waals surface area contributed by atoms with E-state index in [1.54, 1.807) is 36.5 Å². The molecule has 0 bridgehead atoms. The largest absolute Gasteiger partial charge is 0.462 e. The Balaban J connectivity index is 1.82. The van der Waals surface area contributed by atoms with Crippen LogP contribution in [-0.4, -0.2) is 32.5 Å². The van der Waals surface area contributed by atoms with E-state index in [1.807, 2.05) is 26.8 Å². The van der Waals surface area contributed by atoms with Gasteiger partial charge in [0, 0.05) is 11.9 Å². The third-order valence-electron chi connectivity index (χ3n) is 4.18. The highest BCUT2D eigenvalue weighted by atomic mass is 16.6. The van der Waals surface area contributed by atoms with Gasteiger partial charge in [0.15, 0.2) is 0 Å². The number of carbonyl (C=O) groups is 1. The molecule has 10 nitrogen and oxygen atoms in total. The molecule has 0 amide bonds. The molecule has 160 valence electrons. The molecule has 0 spiro atoms. The first-order valence-electron chi connectivity index (χ1n) is 9.57. The number of aryl methyl sites for hydroxylation is 1. The summed E-state index contributed by atoms with van der Waals surface area (Å²) in [5.74, 6) is 0.287. The van der Waals surface area contributed by atoms with E-state index in [4.69, 9.17) is 4.74 Å². The van der Waals surface area contributed by atoms with Gasteiger partial charge in [-0.25, -0.2) is 19.7 Å². The minimum Gasteiger partial charge on any atom is -0.462 e. The summed E-state index contributed by atoms with van der Waals surface area (Å²) < 4.78 is 5.20. The first-order chi connectivity index (χ1) is 14.8. The fraction of sp³-hybridized carbons (Fsp3) is 0.238.